The van der Waals surface area contributed by atoms with E-state index in [9.17, 15) is 0 Å². The molecule has 0 saturated carbocycles. The van der Waals surface area contributed by atoms with Crippen LogP contribution in [-0.4, -0.2) is 29.9 Å². The van der Waals surface area contributed by atoms with Gasteiger partial charge in [0.05, 0.1) is 33.5 Å². The van der Waals surface area contributed by atoms with Crippen LogP contribution in [0.25, 0.3) is 77.5 Å². The minimum absolute atomic E-state index is 0.654. The highest BCUT2D eigenvalue weighted by Crippen LogP contribution is 2.32. The first-order valence-electron chi connectivity index (χ1n) is 13.0. The second-order valence-electron chi connectivity index (χ2n) is 9.74. The fraction of sp³-hybridized carbons (Fsp3) is 0. The van der Waals surface area contributed by atoms with Crippen molar-refractivity contribution in [3.8, 4) is 33.9 Å². The van der Waals surface area contributed by atoms with Crippen LogP contribution in [0.2, 0.25) is 0 Å². The number of nitrogens with zero attached hydrogens (tertiary/aromatic N) is 6. The SMILES string of the molecule is c1ccc2cc3cc(-c4nc(-c5ccc6nccnc6c5)cc(-c5ccc6nccnc6c5)n4)ccc3cc2c1. The zero-order chi connectivity index (χ0) is 26.5. The average Bonchev–Trinajstić information content (AvgIpc) is 3.02. The van der Waals surface area contributed by atoms with E-state index in [0.717, 1.165) is 55.5 Å². The Labute approximate surface area is 229 Å². The molecule has 40 heavy (non-hydrogen) atoms. The summed E-state index contributed by atoms with van der Waals surface area (Å²) in [6, 6.07) is 33.4. The van der Waals surface area contributed by atoms with Crippen LogP contribution < -0.4 is 0 Å². The fourth-order valence-electron chi connectivity index (χ4n) is 5.20. The zero-order valence-electron chi connectivity index (χ0n) is 21.2. The van der Waals surface area contributed by atoms with E-state index in [2.05, 4.69) is 74.5 Å². The lowest BCUT2D eigenvalue weighted by atomic mass is 10.0. The van der Waals surface area contributed by atoms with Crippen LogP contribution in [0.1, 0.15) is 0 Å². The van der Waals surface area contributed by atoms with Crippen molar-refractivity contribution in [2.75, 3.05) is 0 Å². The Bertz CT molecular complexity index is 2140. The minimum atomic E-state index is 0.654. The predicted octanol–water partition coefficient (Wildman–Crippen LogP) is 7.67. The Kier molecular flexibility index (Phi) is 5.03. The van der Waals surface area contributed by atoms with Crippen molar-refractivity contribution in [3.05, 3.63) is 122 Å². The molecule has 0 unspecified atom stereocenters. The molecular weight excluding hydrogens is 492 g/mol. The molecule has 0 N–H and O–H groups in total. The van der Waals surface area contributed by atoms with Gasteiger partial charge in [-0.1, -0.05) is 48.5 Å². The lowest BCUT2D eigenvalue weighted by molar-refractivity contribution is 1.18. The predicted molar refractivity (Wildman–Crippen MR) is 160 cm³/mol. The molecule has 0 bridgehead atoms. The standard InChI is InChI=1S/C34H20N6/c1-2-4-22-16-27-17-26(6-5-23(27)15-21(22)3-1)34-39-30(24-7-9-28-32(18-24)37-13-11-35-28)20-31(40-34)25-8-10-29-33(19-25)38-14-12-36-29/h1-20H. The molecule has 0 saturated heterocycles. The third kappa shape index (κ3) is 3.90. The largest absolute Gasteiger partial charge is 0.253 e. The van der Waals surface area contributed by atoms with Gasteiger partial charge in [-0.2, -0.15) is 0 Å². The van der Waals surface area contributed by atoms with Crippen molar-refractivity contribution in [2.24, 2.45) is 0 Å². The highest BCUT2D eigenvalue weighted by Gasteiger charge is 2.13. The van der Waals surface area contributed by atoms with E-state index in [0.29, 0.717) is 5.82 Å². The molecule has 8 aromatic rings. The Hall–Kier alpha value is -5.62. The smallest absolute Gasteiger partial charge is 0.160 e. The van der Waals surface area contributed by atoms with Crippen LogP contribution in [0, 0.1) is 0 Å². The fourth-order valence-corrected chi connectivity index (χ4v) is 5.20. The Balaban J connectivity index is 1.33. The molecule has 6 nitrogen and oxygen atoms in total. The molecule has 0 spiro atoms. The third-order valence-electron chi connectivity index (χ3n) is 7.22. The lowest BCUT2D eigenvalue weighted by Crippen LogP contribution is -1.97. The van der Waals surface area contributed by atoms with Gasteiger partial charge in [0, 0.05) is 41.5 Å². The van der Waals surface area contributed by atoms with Crippen molar-refractivity contribution in [1.29, 1.82) is 0 Å². The maximum Gasteiger partial charge on any atom is 0.160 e. The van der Waals surface area contributed by atoms with Gasteiger partial charge in [-0.05, 0) is 70.1 Å². The number of hydrogen-bond acceptors (Lipinski definition) is 6. The van der Waals surface area contributed by atoms with E-state index >= 15 is 0 Å². The van der Waals surface area contributed by atoms with E-state index in [1.54, 1.807) is 24.8 Å². The third-order valence-corrected chi connectivity index (χ3v) is 7.22. The number of fused-ring (bicyclic) bond motifs is 4. The maximum absolute atomic E-state index is 5.05. The molecule has 0 aliphatic carbocycles. The summed E-state index contributed by atoms with van der Waals surface area (Å²) in [6.45, 7) is 0. The second-order valence-corrected chi connectivity index (χ2v) is 9.74. The first kappa shape index (κ1) is 22.4. The van der Waals surface area contributed by atoms with E-state index in [1.807, 2.05) is 42.5 Å². The summed E-state index contributed by atoms with van der Waals surface area (Å²) >= 11 is 0. The molecule has 0 atom stereocenters. The van der Waals surface area contributed by atoms with Crippen LogP contribution >= 0.6 is 0 Å². The average molecular weight is 513 g/mol. The summed E-state index contributed by atoms with van der Waals surface area (Å²) < 4.78 is 0. The van der Waals surface area contributed by atoms with Crippen LogP contribution in [0.15, 0.2) is 122 Å². The van der Waals surface area contributed by atoms with Crippen molar-refractivity contribution in [1.82, 2.24) is 29.9 Å². The zero-order valence-corrected chi connectivity index (χ0v) is 21.2. The Morgan fingerprint density at radius 1 is 0.350 bits per heavy atom. The Morgan fingerprint density at radius 2 is 0.850 bits per heavy atom. The monoisotopic (exact) mass is 512 g/mol. The molecular formula is C34H20N6. The molecule has 0 aliphatic rings. The molecule has 3 heterocycles. The maximum atomic E-state index is 5.05. The molecule has 0 fully saturated rings. The van der Waals surface area contributed by atoms with Crippen molar-refractivity contribution in [2.45, 2.75) is 0 Å². The summed E-state index contributed by atoms with van der Waals surface area (Å²) in [5.41, 5.74) is 7.80. The van der Waals surface area contributed by atoms with Gasteiger partial charge in [0.1, 0.15) is 0 Å². The molecule has 6 heteroatoms. The topological polar surface area (TPSA) is 77.3 Å². The quantitative estimate of drug-likeness (QED) is 0.226. The lowest BCUT2D eigenvalue weighted by Gasteiger charge is -2.11. The van der Waals surface area contributed by atoms with Gasteiger partial charge in [-0.25, -0.2) is 9.97 Å². The summed E-state index contributed by atoms with van der Waals surface area (Å²) in [4.78, 5) is 27.9. The highest BCUT2D eigenvalue weighted by molar-refractivity contribution is 5.99. The van der Waals surface area contributed by atoms with Crippen molar-refractivity contribution in [3.63, 3.8) is 0 Å². The van der Waals surface area contributed by atoms with Gasteiger partial charge >= 0.3 is 0 Å². The molecule has 5 aromatic carbocycles. The van der Waals surface area contributed by atoms with Gasteiger partial charge in [0.25, 0.3) is 0 Å². The molecule has 3 aromatic heterocycles. The van der Waals surface area contributed by atoms with E-state index in [4.69, 9.17) is 9.97 Å². The Morgan fingerprint density at radius 3 is 1.45 bits per heavy atom. The van der Waals surface area contributed by atoms with E-state index < -0.39 is 0 Å². The first-order valence-corrected chi connectivity index (χ1v) is 13.0. The van der Waals surface area contributed by atoms with Crippen molar-refractivity contribution >= 4 is 43.6 Å². The molecule has 0 amide bonds. The number of aromatic nitrogens is 6. The van der Waals surface area contributed by atoms with Gasteiger partial charge in [-0.15, -0.1) is 0 Å². The van der Waals surface area contributed by atoms with E-state index in [-0.39, 0.29) is 0 Å². The van der Waals surface area contributed by atoms with Gasteiger partial charge in [0.2, 0.25) is 0 Å². The van der Waals surface area contributed by atoms with Crippen LogP contribution in [0.3, 0.4) is 0 Å². The van der Waals surface area contributed by atoms with Crippen LogP contribution in [0.4, 0.5) is 0 Å². The highest BCUT2D eigenvalue weighted by atomic mass is 14.9. The normalized spacial score (nSPS) is 11.5. The minimum Gasteiger partial charge on any atom is -0.253 e. The van der Waals surface area contributed by atoms with Crippen molar-refractivity contribution < 1.29 is 0 Å². The molecule has 0 aliphatic heterocycles. The van der Waals surface area contributed by atoms with Crippen LogP contribution in [-0.2, 0) is 0 Å². The summed E-state index contributed by atoms with van der Waals surface area (Å²) in [5.74, 6) is 0.654. The van der Waals surface area contributed by atoms with Gasteiger partial charge in [-0.3, -0.25) is 19.9 Å². The summed E-state index contributed by atoms with van der Waals surface area (Å²) in [5, 5.41) is 4.76. The van der Waals surface area contributed by atoms with Gasteiger partial charge in [0.15, 0.2) is 5.82 Å². The number of benzene rings is 5. The first-order chi connectivity index (χ1) is 19.8. The van der Waals surface area contributed by atoms with Crippen LogP contribution in [0.5, 0.6) is 0 Å². The van der Waals surface area contributed by atoms with Gasteiger partial charge < -0.3 is 0 Å². The summed E-state index contributed by atoms with van der Waals surface area (Å²) in [6.07, 6.45) is 6.82. The molecule has 186 valence electrons. The van der Waals surface area contributed by atoms with E-state index in [1.165, 1.54) is 16.2 Å². The second kappa shape index (κ2) is 8.99. The molecule has 8 rings (SSSR count). The summed E-state index contributed by atoms with van der Waals surface area (Å²) in [7, 11) is 0. The number of rotatable bonds is 3. The molecule has 0 radical (unpaired) electrons. The number of hydrogen-bond donors (Lipinski definition) is 0.